The normalized spacial score (nSPS) is 10.4. The fourth-order valence-corrected chi connectivity index (χ4v) is 0.601. The van der Waals surface area contributed by atoms with Crippen molar-refractivity contribution in [3.8, 4) is 0 Å². The second-order valence-electron chi connectivity index (χ2n) is 1.72. The molecule has 4 nitrogen and oxygen atoms in total. The minimum absolute atomic E-state index is 0.361. The Morgan fingerprint density at radius 1 is 1.70 bits per heavy atom. The van der Waals surface area contributed by atoms with Crippen LogP contribution in [0, 0.1) is 0 Å². The lowest BCUT2D eigenvalue weighted by molar-refractivity contribution is 0.322. The highest BCUT2D eigenvalue weighted by molar-refractivity contribution is 5.84. The van der Waals surface area contributed by atoms with Gasteiger partial charge in [0, 0.05) is 11.8 Å². The van der Waals surface area contributed by atoms with Crippen molar-refractivity contribution in [1.29, 1.82) is 0 Å². The summed E-state index contributed by atoms with van der Waals surface area (Å²) in [5.41, 5.74) is 6.01. The molecule has 52 valence electrons. The highest BCUT2D eigenvalue weighted by Gasteiger charge is 1.92. The van der Waals surface area contributed by atoms with E-state index in [1.165, 1.54) is 6.21 Å². The van der Waals surface area contributed by atoms with E-state index in [0.29, 0.717) is 11.4 Å². The standard InChI is InChI=1S/C6H7N3O/c7-6-5(4-9-10)2-1-3-8-6/h1-4,10H,(H2,7,8)/b9-4-. The average molecular weight is 137 g/mol. The lowest BCUT2D eigenvalue weighted by Gasteiger charge is -1.93. The molecule has 0 radical (unpaired) electrons. The number of pyridine rings is 1. The average Bonchev–Trinajstić information content (AvgIpc) is 1.94. The maximum Gasteiger partial charge on any atom is 0.132 e. The summed E-state index contributed by atoms with van der Waals surface area (Å²) in [6, 6.07) is 3.43. The van der Waals surface area contributed by atoms with Gasteiger partial charge in [-0.1, -0.05) is 5.16 Å². The Balaban J connectivity index is 3.03. The van der Waals surface area contributed by atoms with E-state index in [4.69, 9.17) is 10.9 Å². The zero-order valence-electron chi connectivity index (χ0n) is 5.23. The molecule has 1 rings (SSSR count). The fraction of sp³-hybridized carbons (Fsp3) is 0. The first-order chi connectivity index (χ1) is 4.84. The number of oxime groups is 1. The Labute approximate surface area is 58.0 Å². The summed E-state index contributed by atoms with van der Waals surface area (Å²) in [7, 11) is 0. The van der Waals surface area contributed by atoms with Gasteiger partial charge in [-0.25, -0.2) is 4.98 Å². The molecule has 0 aromatic carbocycles. The van der Waals surface area contributed by atoms with Gasteiger partial charge in [0.1, 0.15) is 5.82 Å². The number of anilines is 1. The van der Waals surface area contributed by atoms with Gasteiger partial charge in [-0.15, -0.1) is 0 Å². The second kappa shape index (κ2) is 2.82. The fourth-order valence-electron chi connectivity index (χ4n) is 0.601. The van der Waals surface area contributed by atoms with Gasteiger partial charge in [0.05, 0.1) is 6.21 Å². The van der Waals surface area contributed by atoms with Gasteiger partial charge in [-0.05, 0) is 12.1 Å². The maximum absolute atomic E-state index is 8.13. The summed E-state index contributed by atoms with van der Waals surface area (Å²) in [5, 5.41) is 11.0. The SMILES string of the molecule is Nc1ncccc1/C=N\O. The Kier molecular flexibility index (Phi) is 1.84. The molecule has 1 aromatic rings. The molecular weight excluding hydrogens is 130 g/mol. The molecule has 0 unspecified atom stereocenters. The Hall–Kier alpha value is -1.58. The first kappa shape index (κ1) is 6.54. The van der Waals surface area contributed by atoms with Crippen molar-refractivity contribution in [2.24, 2.45) is 5.16 Å². The molecule has 10 heavy (non-hydrogen) atoms. The van der Waals surface area contributed by atoms with Gasteiger partial charge in [-0.3, -0.25) is 0 Å². The van der Waals surface area contributed by atoms with Crippen molar-refractivity contribution in [3.63, 3.8) is 0 Å². The van der Waals surface area contributed by atoms with Crippen molar-refractivity contribution < 1.29 is 5.21 Å². The lowest BCUT2D eigenvalue weighted by Crippen LogP contribution is -1.95. The molecule has 0 spiro atoms. The smallest absolute Gasteiger partial charge is 0.132 e. The van der Waals surface area contributed by atoms with Crippen LogP contribution in [0.1, 0.15) is 5.56 Å². The van der Waals surface area contributed by atoms with Crippen LogP contribution >= 0.6 is 0 Å². The maximum atomic E-state index is 8.13. The Morgan fingerprint density at radius 3 is 3.10 bits per heavy atom. The first-order valence-electron chi connectivity index (χ1n) is 2.72. The molecule has 0 bridgehead atoms. The van der Waals surface area contributed by atoms with E-state index in [2.05, 4.69) is 10.1 Å². The van der Waals surface area contributed by atoms with Crippen molar-refractivity contribution in [2.75, 3.05) is 5.73 Å². The van der Waals surface area contributed by atoms with Gasteiger partial charge < -0.3 is 10.9 Å². The van der Waals surface area contributed by atoms with Crippen LogP contribution in [0.5, 0.6) is 0 Å². The highest BCUT2D eigenvalue weighted by atomic mass is 16.4. The summed E-state index contributed by atoms with van der Waals surface area (Å²) < 4.78 is 0. The van der Waals surface area contributed by atoms with E-state index in [1.807, 2.05) is 0 Å². The zero-order valence-corrected chi connectivity index (χ0v) is 5.23. The van der Waals surface area contributed by atoms with Crippen molar-refractivity contribution in [3.05, 3.63) is 23.9 Å². The molecule has 1 heterocycles. The number of nitrogen functional groups attached to an aromatic ring is 1. The quantitative estimate of drug-likeness (QED) is 0.336. The van der Waals surface area contributed by atoms with Crippen LogP contribution in [-0.4, -0.2) is 16.4 Å². The number of nitrogens with two attached hydrogens (primary N) is 1. The van der Waals surface area contributed by atoms with Gasteiger partial charge in [-0.2, -0.15) is 0 Å². The van der Waals surface area contributed by atoms with Crippen molar-refractivity contribution >= 4 is 12.0 Å². The van der Waals surface area contributed by atoms with Crippen molar-refractivity contribution in [2.45, 2.75) is 0 Å². The lowest BCUT2D eigenvalue weighted by atomic mass is 10.3. The molecular formula is C6H7N3O. The predicted molar refractivity (Wildman–Crippen MR) is 38.0 cm³/mol. The monoisotopic (exact) mass is 137 g/mol. The van der Waals surface area contributed by atoms with E-state index in [9.17, 15) is 0 Å². The number of hydrogen-bond acceptors (Lipinski definition) is 4. The van der Waals surface area contributed by atoms with Gasteiger partial charge in [0.2, 0.25) is 0 Å². The highest BCUT2D eigenvalue weighted by Crippen LogP contribution is 2.01. The molecule has 0 saturated carbocycles. The molecule has 0 aliphatic heterocycles. The van der Waals surface area contributed by atoms with Crippen LogP contribution in [0.4, 0.5) is 5.82 Å². The molecule has 0 aliphatic carbocycles. The van der Waals surface area contributed by atoms with Gasteiger partial charge in [0.25, 0.3) is 0 Å². The number of aromatic nitrogens is 1. The van der Waals surface area contributed by atoms with Gasteiger partial charge in [0.15, 0.2) is 0 Å². The molecule has 4 heteroatoms. The number of hydrogen-bond donors (Lipinski definition) is 2. The summed E-state index contributed by atoms with van der Waals surface area (Å²) in [4.78, 5) is 3.77. The molecule has 0 saturated heterocycles. The predicted octanol–water partition coefficient (Wildman–Crippen LogP) is 0.472. The third kappa shape index (κ3) is 1.22. The minimum atomic E-state index is 0.361. The van der Waals surface area contributed by atoms with Crippen LogP contribution in [0.2, 0.25) is 0 Å². The van der Waals surface area contributed by atoms with E-state index >= 15 is 0 Å². The van der Waals surface area contributed by atoms with Crippen LogP contribution in [0.15, 0.2) is 23.5 Å². The second-order valence-corrected chi connectivity index (χ2v) is 1.72. The summed E-state index contributed by atoms with van der Waals surface area (Å²) in [6.45, 7) is 0. The Bertz CT molecular complexity index is 247. The van der Waals surface area contributed by atoms with Crippen LogP contribution in [0.3, 0.4) is 0 Å². The van der Waals surface area contributed by atoms with Crippen molar-refractivity contribution in [1.82, 2.24) is 4.98 Å². The third-order valence-electron chi connectivity index (χ3n) is 1.07. The van der Waals surface area contributed by atoms with E-state index in [1.54, 1.807) is 18.3 Å². The van der Waals surface area contributed by atoms with E-state index in [0.717, 1.165) is 0 Å². The first-order valence-corrected chi connectivity index (χ1v) is 2.72. The molecule has 1 aromatic heterocycles. The number of nitrogens with zero attached hydrogens (tertiary/aromatic N) is 2. The molecule has 3 N–H and O–H groups in total. The summed E-state index contributed by atoms with van der Waals surface area (Å²) in [6.07, 6.45) is 2.81. The summed E-state index contributed by atoms with van der Waals surface area (Å²) >= 11 is 0. The molecule has 0 aliphatic rings. The third-order valence-corrected chi connectivity index (χ3v) is 1.07. The summed E-state index contributed by atoms with van der Waals surface area (Å²) in [5.74, 6) is 0.361. The van der Waals surface area contributed by atoms with Crippen LogP contribution in [0.25, 0.3) is 0 Å². The largest absolute Gasteiger partial charge is 0.411 e. The van der Waals surface area contributed by atoms with E-state index in [-0.39, 0.29) is 0 Å². The zero-order chi connectivity index (χ0) is 7.40. The number of rotatable bonds is 1. The van der Waals surface area contributed by atoms with Gasteiger partial charge >= 0.3 is 0 Å². The van der Waals surface area contributed by atoms with Crippen LogP contribution in [-0.2, 0) is 0 Å². The molecule has 0 amide bonds. The topological polar surface area (TPSA) is 71.5 Å². The molecule has 0 fully saturated rings. The molecule has 0 atom stereocenters. The minimum Gasteiger partial charge on any atom is -0.411 e. The van der Waals surface area contributed by atoms with E-state index < -0.39 is 0 Å². The Morgan fingerprint density at radius 2 is 2.50 bits per heavy atom. The van der Waals surface area contributed by atoms with Crippen LogP contribution < -0.4 is 5.73 Å².